The summed E-state index contributed by atoms with van der Waals surface area (Å²) in [5.74, 6) is -0.881. The molecule has 0 spiro atoms. The third-order valence-corrected chi connectivity index (χ3v) is 5.33. The Labute approximate surface area is 140 Å². The number of aryl methyl sites for hydroxylation is 2. The van der Waals surface area contributed by atoms with E-state index in [0.717, 1.165) is 12.8 Å². The molecular formula is C14H22N4O5S. The van der Waals surface area contributed by atoms with E-state index in [4.69, 9.17) is 5.11 Å². The van der Waals surface area contributed by atoms with Gasteiger partial charge in [-0.2, -0.15) is 0 Å². The van der Waals surface area contributed by atoms with Crippen LogP contribution in [0.15, 0.2) is 11.2 Å². The number of carbonyl (C=O) groups is 2. The summed E-state index contributed by atoms with van der Waals surface area (Å²) in [7, 11) is -2.11. The lowest BCUT2D eigenvalue weighted by Crippen LogP contribution is -2.45. The average Bonchev–Trinajstić information content (AvgIpc) is 3.24. The van der Waals surface area contributed by atoms with Gasteiger partial charge in [0, 0.05) is 32.3 Å². The van der Waals surface area contributed by atoms with Crippen LogP contribution in [-0.4, -0.2) is 58.5 Å². The van der Waals surface area contributed by atoms with Gasteiger partial charge in [0.25, 0.3) is 10.0 Å². The lowest BCUT2D eigenvalue weighted by atomic mass is 10.2. The van der Waals surface area contributed by atoms with Gasteiger partial charge in [-0.15, -0.1) is 0 Å². The molecule has 1 aromatic rings. The highest BCUT2D eigenvalue weighted by Crippen LogP contribution is 2.29. The fourth-order valence-electron chi connectivity index (χ4n) is 2.36. The molecule has 1 heterocycles. The third kappa shape index (κ3) is 4.12. The number of hydrogen-bond acceptors (Lipinski definition) is 5. The van der Waals surface area contributed by atoms with Gasteiger partial charge in [0.2, 0.25) is 5.91 Å². The Morgan fingerprint density at radius 1 is 1.50 bits per heavy atom. The molecule has 1 atom stereocenters. The van der Waals surface area contributed by atoms with E-state index in [0.29, 0.717) is 5.82 Å². The molecular weight excluding hydrogens is 336 g/mol. The van der Waals surface area contributed by atoms with Crippen LogP contribution in [0.1, 0.15) is 32.0 Å². The number of carboxylic acids is 1. The normalized spacial score (nSPS) is 16.0. The van der Waals surface area contributed by atoms with Crippen molar-refractivity contribution in [3.63, 3.8) is 0 Å². The second-order valence-electron chi connectivity index (χ2n) is 5.93. The maximum atomic E-state index is 12.3. The maximum Gasteiger partial charge on any atom is 0.326 e. The van der Waals surface area contributed by atoms with Crippen LogP contribution in [0, 0.1) is 6.92 Å². The summed E-state index contributed by atoms with van der Waals surface area (Å²) in [4.78, 5) is 28.7. The highest BCUT2D eigenvalue weighted by molar-refractivity contribution is 7.89. The van der Waals surface area contributed by atoms with Crippen molar-refractivity contribution in [1.82, 2.24) is 19.2 Å². The van der Waals surface area contributed by atoms with Crippen LogP contribution in [0.5, 0.6) is 0 Å². The minimum atomic E-state index is -3.79. The number of carbonyl (C=O) groups excluding carboxylic acids is 1. The summed E-state index contributed by atoms with van der Waals surface area (Å²) < 4.78 is 28.2. The van der Waals surface area contributed by atoms with Crippen molar-refractivity contribution in [2.24, 2.45) is 7.05 Å². The van der Waals surface area contributed by atoms with Gasteiger partial charge in [-0.1, -0.05) is 0 Å². The molecule has 1 fully saturated rings. The number of amides is 1. The largest absolute Gasteiger partial charge is 0.480 e. The molecule has 1 amide bonds. The van der Waals surface area contributed by atoms with Crippen molar-refractivity contribution < 1.29 is 23.1 Å². The summed E-state index contributed by atoms with van der Waals surface area (Å²) >= 11 is 0. The molecule has 0 bridgehead atoms. The molecule has 1 aliphatic rings. The van der Waals surface area contributed by atoms with E-state index in [1.54, 1.807) is 18.5 Å². The Hall–Kier alpha value is -1.94. The van der Waals surface area contributed by atoms with Crippen LogP contribution in [0.25, 0.3) is 0 Å². The number of aliphatic carboxylic acids is 1. The molecule has 1 aliphatic carbocycles. The van der Waals surface area contributed by atoms with Gasteiger partial charge in [0.15, 0.2) is 5.03 Å². The highest BCUT2D eigenvalue weighted by atomic mass is 32.2. The van der Waals surface area contributed by atoms with Crippen LogP contribution in [-0.2, 0) is 26.7 Å². The molecule has 24 heavy (non-hydrogen) atoms. The zero-order chi connectivity index (χ0) is 18.1. The molecule has 134 valence electrons. The Balaban J connectivity index is 1.95. The minimum Gasteiger partial charge on any atom is -0.480 e. The standard InChI is InChI=1S/C14H22N4O5S/c1-9(14(20)21)18(11-4-5-11)13(19)6-7-15-24(22,23)12-8-17(3)10(2)16-12/h8-9,11,15H,4-7H2,1-3H3,(H,20,21). The number of carboxylic acid groups (broad SMARTS) is 1. The SMILES string of the molecule is Cc1nc(S(=O)(=O)NCCC(=O)N(C2CC2)C(C)C(=O)O)cn1C. The molecule has 0 radical (unpaired) electrons. The van der Waals surface area contributed by atoms with Crippen LogP contribution in [0.2, 0.25) is 0 Å². The van der Waals surface area contributed by atoms with Gasteiger partial charge in [0.05, 0.1) is 0 Å². The van der Waals surface area contributed by atoms with Crippen molar-refractivity contribution in [2.75, 3.05) is 6.54 Å². The monoisotopic (exact) mass is 358 g/mol. The molecule has 9 nitrogen and oxygen atoms in total. The lowest BCUT2D eigenvalue weighted by Gasteiger charge is -2.26. The van der Waals surface area contributed by atoms with Crippen molar-refractivity contribution >= 4 is 21.9 Å². The molecule has 1 saturated carbocycles. The fraction of sp³-hybridized carbons (Fsp3) is 0.643. The van der Waals surface area contributed by atoms with Crippen molar-refractivity contribution in [3.8, 4) is 0 Å². The maximum absolute atomic E-state index is 12.3. The topological polar surface area (TPSA) is 122 Å². The Bertz CT molecular complexity index is 719. The lowest BCUT2D eigenvalue weighted by molar-refractivity contribution is -0.150. The van der Waals surface area contributed by atoms with E-state index in [1.165, 1.54) is 18.0 Å². The molecule has 2 rings (SSSR count). The number of hydrogen-bond donors (Lipinski definition) is 2. The molecule has 1 aromatic heterocycles. The van der Waals surface area contributed by atoms with Gasteiger partial charge < -0.3 is 14.6 Å². The molecule has 1 unspecified atom stereocenters. The highest BCUT2D eigenvalue weighted by Gasteiger charge is 2.38. The zero-order valence-corrected chi connectivity index (χ0v) is 14.7. The van der Waals surface area contributed by atoms with Crippen LogP contribution < -0.4 is 4.72 Å². The first-order valence-electron chi connectivity index (χ1n) is 7.67. The van der Waals surface area contributed by atoms with Gasteiger partial charge in [-0.05, 0) is 26.7 Å². The predicted octanol–water partition coefficient (Wildman–Crippen LogP) is -0.139. The fourth-order valence-corrected chi connectivity index (χ4v) is 3.43. The van der Waals surface area contributed by atoms with Crippen molar-refractivity contribution in [3.05, 3.63) is 12.0 Å². The van der Waals surface area contributed by atoms with Gasteiger partial charge >= 0.3 is 5.97 Å². The number of nitrogens with one attached hydrogen (secondary N) is 1. The van der Waals surface area contributed by atoms with Crippen molar-refractivity contribution in [2.45, 2.75) is 50.2 Å². The second-order valence-corrected chi connectivity index (χ2v) is 7.65. The first-order chi connectivity index (χ1) is 11.1. The van der Waals surface area contributed by atoms with E-state index >= 15 is 0 Å². The predicted molar refractivity (Wildman–Crippen MR) is 84.7 cm³/mol. The summed E-state index contributed by atoms with van der Waals surface area (Å²) in [6.07, 6.45) is 2.85. The quantitative estimate of drug-likeness (QED) is 0.667. The van der Waals surface area contributed by atoms with Crippen LogP contribution >= 0.6 is 0 Å². The summed E-state index contributed by atoms with van der Waals surface area (Å²) in [5.41, 5.74) is 0. The Kier molecular flexibility index (Phi) is 5.29. The first-order valence-corrected chi connectivity index (χ1v) is 9.15. The van der Waals surface area contributed by atoms with E-state index in [1.807, 2.05) is 0 Å². The summed E-state index contributed by atoms with van der Waals surface area (Å²) in [6, 6.07) is -0.973. The Morgan fingerprint density at radius 3 is 2.58 bits per heavy atom. The van der Waals surface area contributed by atoms with Gasteiger partial charge in [-0.3, -0.25) is 4.79 Å². The number of imidazole rings is 1. The van der Waals surface area contributed by atoms with E-state index in [9.17, 15) is 18.0 Å². The average molecular weight is 358 g/mol. The number of nitrogens with zero attached hydrogens (tertiary/aromatic N) is 3. The molecule has 0 saturated heterocycles. The van der Waals surface area contributed by atoms with Crippen LogP contribution in [0.3, 0.4) is 0 Å². The molecule has 0 aliphatic heterocycles. The van der Waals surface area contributed by atoms with E-state index < -0.39 is 22.0 Å². The summed E-state index contributed by atoms with van der Waals surface area (Å²) in [6.45, 7) is 3.04. The second kappa shape index (κ2) is 6.89. The third-order valence-electron chi connectivity index (χ3n) is 4.00. The van der Waals surface area contributed by atoms with Crippen LogP contribution in [0.4, 0.5) is 0 Å². The zero-order valence-electron chi connectivity index (χ0n) is 13.9. The van der Waals surface area contributed by atoms with E-state index in [2.05, 4.69) is 9.71 Å². The smallest absolute Gasteiger partial charge is 0.326 e. The molecule has 10 heteroatoms. The first kappa shape index (κ1) is 18.4. The van der Waals surface area contributed by atoms with Gasteiger partial charge in [-0.25, -0.2) is 22.9 Å². The molecule has 2 N–H and O–H groups in total. The number of aromatic nitrogens is 2. The van der Waals surface area contributed by atoms with Gasteiger partial charge in [0.1, 0.15) is 11.9 Å². The number of rotatable bonds is 8. The minimum absolute atomic E-state index is 0.0568. The number of sulfonamides is 1. The molecule has 0 aromatic carbocycles. The summed E-state index contributed by atoms with van der Waals surface area (Å²) in [5, 5.41) is 8.99. The van der Waals surface area contributed by atoms with E-state index in [-0.39, 0.29) is 29.9 Å². The Morgan fingerprint density at radius 2 is 2.12 bits per heavy atom. The van der Waals surface area contributed by atoms with Crippen molar-refractivity contribution in [1.29, 1.82) is 0 Å².